The number of allylic oxidation sites excluding steroid dienone is 2. The zero-order valence-corrected chi connectivity index (χ0v) is 12.2. The molecule has 0 spiro atoms. The minimum absolute atomic E-state index is 0.0657. The molecule has 4 aliphatic rings. The van der Waals surface area contributed by atoms with E-state index in [0.717, 1.165) is 32.1 Å². The van der Waals surface area contributed by atoms with Gasteiger partial charge >= 0.3 is 0 Å². The molecule has 0 aromatic carbocycles. The van der Waals surface area contributed by atoms with Gasteiger partial charge in [0.25, 0.3) is 0 Å². The van der Waals surface area contributed by atoms with Gasteiger partial charge in [-0.3, -0.25) is 19.7 Å². The number of carbonyl (C=O) groups excluding carboxylic acids is 3. The third kappa shape index (κ3) is 1.91. The van der Waals surface area contributed by atoms with Gasteiger partial charge in [0.15, 0.2) is 0 Å². The van der Waals surface area contributed by atoms with Crippen molar-refractivity contribution in [3.05, 3.63) is 11.1 Å². The molecule has 0 radical (unpaired) electrons. The lowest BCUT2D eigenvalue weighted by Gasteiger charge is -2.42. The average molecular weight is 287 g/mol. The number of nitrogens with one attached hydrogen (secondary N) is 1. The first-order valence-electron chi connectivity index (χ1n) is 8.25. The summed E-state index contributed by atoms with van der Waals surface area (Å²) in [6.07, 6.45) is 7.19. The number of rotatable bonds is 0. The highest BCUT2D eigenvalue weighted by atomic mass is 16.2. The number of carbonyl (C=O) groups is 3. The van der Waals surface area contributed by atoms with Crippen LogP contribution in [0.15, 0.2) is 11.1 Å². The Hall–Kier alpha value is -1.45. The van der Waals surface area contributed by atoms with Crippen molar-refractivity contribution in [3.63, 3.8) is 0 Å². The fourth-order valence-electron chi connectivity index (χ4n) is 5.18. The van der Waals surface area contributed by atoms with E-state index in [9.17, 15) is 14.4 Å². The van der Waals surface area contributed by atoms with Crippen LogP contribution >= 0.6 is 0 Å². The van der Waals surface area contributed by atoms with E-state index in [1.54, 1.807) is 0 Å². The quantitative estimate of drug-likeness (QED) is 0.548. The molecule has 4 rings (SSSR count). The number of Topliss-reactive ketones (excluding diaryl/α,β-unsaturated/α-hetero) is 1. The summed E-state index contributed by atoms with van der Waals surface area (Å²) in [6.45, 7) is 0. The van der Waals surface area contributed by atoms with Gasteiger partial charge in [0, 0.05) is 12.8 Å². The van der Waals surface area contributed by atoms with Crippen LogP contribution in [0.4, 0.5) is 0 Å². The van der Waals surface area contributed by atoms with E-state index >= 15 is 0 Å². The largest absolute Gasteiger partial charge is 0.300 e. The molecule has 0 aromatic heterocycles. The summed E-state index contributed by atoms with van der Waals surface area (Å²) < 4.78 is 0. The Balaban J connectivity index is 1.82. The highest BCUT2D eigenvalue weighted by Crippen LogP contribution is 2.53. The van der Waals surface area contributed by atoms with Crippen LogP contribution in [0.3, 0.4) is 0 Å². The van der Waals surface area contributed by atoms with Crippen molar-refractivity contribution < 1.29 is 14.4 Å². The topological polar surface area (TPSA) is 63.2 Å². The predicted molar refractivity (Wildman–Crippen MR) is 76.1 cm³/mol. The number of hydrogen-bond acceptors (Lipinski definition) is 3. The summed E-state index contributed by atoms with van der Waals surface area (Å²) in [7, 11) is 0. The van der Waals surface area contributed by atoms with Crippen molar-refractivity contribution in [2.45, 2.75) is 51.4 Å². The van der Waals surface area contributed by atoms with Crippen molar-refractivity contribution in [3.8, 4) is 0 Å². The third-order valence-electron chi connectivity index (χ3n) is 6.03. The predicted octanol–water partition coefficient (Wildman–Crippen LogP) is 2.13. The molecule has 1 heterocycles. The van der Waals surface area contributed by atoms with E-state index in [1.165, 1.54) is 17.6 Å². The summed E-state index contributed by atoms with van der Waals surface area (Å²) in [5.74, 6) is 0.188. The Morgan fingerprint density at radius 1 is 0.714 bits per heavy atom. The second kappa shape index (κ2) is 4.79. The zero-order valence-electron chi connectivity index (χ0n) is 12.2. The molecular weight excluding hydrogens is 266 g/mol. The lowest BCUT2D eigenvalue weighted by atomic mass is 9.60. The van der Waals surface area contributed by atoms with Gasteiger partial charge in [0.2, 0.25) is 11.8 Å². The maximum absolute atomic E-state index is 12.3. The molecule has 1 aliphatic heterocycles. The van der Waals surface area contributed by atoms with E-state index in [0.29, 0.717) is 18.6 Å². The maximum Gasteiger partial charge on any atom is 0.231 e. The van der Waals surface area contributed by atoms with Gasteiger partial charge in [-0.25, -0.2) is 0 Å². The Bertz CT molecular complexity index is 562. The monoisotopic (exact) mass is 287 g/mol. The van der Waals surface area contributed by atoms with E-state index in [-0.39, 0.29) is 35.5 Å². The van der Waals surface area contributed by atoms with Crippen LogP contribution in [-0.2, 0) is 14.4 Å². The van der Waals surface area contributed by atoms with Gasteiger partial charge in [-0.1, -0.05) is 17.6 Å². The summed E-state index contributed by atoms with van der Waals surface area (Å²) in [6, 6.07) is 0. The fraction of sp³-hybridized carbons (Fsp3) is 0.706. The molecule has 3 aliphatic carbocycles. The smallest absolute Gasteiger partial charge is 0.231 e. The molecule has 1 N–H and O–H groups in total. The lowest BCUT2D eigenvalue weighted by Crippen LogP contribution is -2.39. The standard InChI is InChI=1S/C17H21NO3/c19-9-5-7-11-10-3-1-2-4-12(10)14-15(13(11)8-6-9)17(21)18-16(14)20/h12-15H,1-8H2,(H,18,20,21). The van der Waals surface area contributed by atoms with Crippen molar-refractivity contribution in [2.75, 3.05) is 0 Å². The third-order valence-corrected chi connectivity index (χ3v) is 6.03. The van der Waals surface area contributed by atoms with Crippen LogP contribution in [0.25, 0.3) is 0 Å². The second-order valence-electron chi connectivity index (χ2n) is 6.99. The van der Waals surface area contributed by atoms with Crippen LogP contribution < -0.4 is 5.32 Å². The Morgan fingerprint density at radius 2 is 1.38 bits per heavy atom. The van der Waals surface area contributed by atoms with Gasteiger partial charge in [0.1, 0.15) is 5.78 Å². The molecule has 2 saturated carbocycles. The highest BCUT2D eigenvalue weighted by molar-refractivity contribution is 6.06. The van der Waals surface area contributed by atoms with E-state index in [1.807, 2.05) is 0 Å². The van der Waals surface area contributed by atoms with Gasteiger partial charge in [0.05, 0.1) is 11.8 Å². The molecular formula is C17H21NO3. The van der Waals surface area contributed by atoms with Gasteiger partial charge in [-0.2, -0.15) is 0 Å². The molecule has 4 heteroatoms. The molecule has 3 fully saturated rings. The van der Waals surface area contributed by atoms with Gasteiger partial charge in [-0.15, -0.1) is 0 Å². The summed E-state index contributed by atoms with van der Waals surface area (Å²) in [5, 5.41) is 2.57. The lowest BCUT2D eigenvalue weighted by molar-refractivity contribution is -0.126. The molecule has 4 unspecified atom stereocenters. The van der Waals surface area contributed by atoms with Crippen LogP contribution in [0.5, 0.6) is 0 Å². The zero-order chi connectivity index (χ0) is 14.6. The SMILES string of the molecule is O=C1CCC2=C3CCCCC3C3C(=O)NC(=O)C3C2CC1. The normalized spacial score (nSPS) is 39.3. The first-order valence-corrected chi connectivity index (χ1v) is 8.25. The number of fused-ring (bicyclic) bond motifs is 5. The van der Waals surface area contributed by atoms with Crippen molar-refractivity contribution in [2.24, 2.45) is 23.7 Å². The Labute approximate surface area is 124 Å². The van der Waals surface area contributed by atoms with E-state index < -0.39 is 0 Å². The number of hydrogen-bond donors (Lipinski definition) is 1. The van der Waals surface area contributed by atoms with Crippen molar-refractivity contribution in [1.29, 1.82) is 0 Å². The van der Waals surface area contributed by atoms with E-state index in [2.05, 4.69) is 5.32 Å². The first kappa shape index (κ1) is 13.2. The van der Waals surface area contributed by atoms with E-state index in [4.69, 9.17) is 0 Å². The Kier molecular flexibility index (Phi) is 3.02. The van der Waals surface area contributed by atoms with Gasteiger partial charge < -0.3 is 0 Å². The molecule has 0 aromatic rings. The minimum atomic E-state index is -0.203. The number of imide groups is 1. The Morgan fingerprint density at radius 3 is 2.14 bits per heavy atom. The summed E-state index contributed by atoms with van der Waals surface area (Å²) in [4.78, 5) is 36.4. The molecule has 4 atom stereocenters. The summed E-state index contributed by atoms with van der Waals surface area (Å²) in [5.41, 5.74) is 2.81. The molecule has 1 saturated heterocycles. The van der Waals surface area contributed by atoms with Crippen LogP contribution in [0.2, 0.25) is 0 Å². The summed E-state index contributed by atoms with van der Waals surface area (Å²) >= 11 is 0. The van der Waals surface area contributed by atoms with Crippen LogP contribution in [-0.4, -0.2) is 17.6 Å². The molecule has 0 bridgehead atoms. The van der Waals surface area contributed by atoms with Crippen LogP contribution in [0.1, 0.15) is 51.4 Å². The second-order valence-corrected chi connectivity index (χ2v) is 6.99. The number of ketones is 1. The fourth-order valence-corrected chi connectivity index (χ4v) is 5.18. The molecule has 21 heavy (non-hydrogen) atoms. The average Bonchev–Trinajstić information content (AvgIpc) is 2.66. The van der Waals surface area contributed by atoms with Crippen molar-refractivity contribution >= 4 is 17.6 Å². The number of amides is 2. The highest BCUT2D eigenvalue weighted by Gasteiger charge is 2.54. The molecule has 4 nitrogen and oxygen atoms in total. The maximum atomic E-state index is 12.3. The van der Waals surface area contributed by atoms with Crippen LogP contribution in [0, 0.1) is 23.7 Å². The molecule has 2 amide bonds. The van der Waals surface area contributed by atoms with Gasteiger partial charge in [-0.05, 0) is 43.9 Å². The molecule has 112 valence electrons. The minimum Gasteiger partial charge on any atom is -0.300 e. The van der Waals surface area contributed by atoms with Crippen molar-refractivity contribution in [1.82, 2.24) is 5.32 Å². The first-order chi connectivity index (χ1) is 10.2.